The molecule has 126 valence electrons. The largest absolute Gasteiger partial charge is 0.369 e. The first-order valence-electron chi connectivity index (χ1n) is 8.23. The van der Waals surface area contributed by atoms with Crippen LogP contribution in [-0.2, 0) is 17.8 Å². The van der Waals surface area contributed by atoms with Crippen LogP contribution in [0.3, 0.4) is 0 Å². The smallest absolute Gasteiger partial charge is 0.189 e. The molecule has 0 amide bonds. The zero-order valence-corrected chi connectivity index (χ0v) is 16.7. The SMILES string of the molecule is CCCCSc1nc(SC)nc2sc3c(c12)CC(C)(CC)OC3. The second kappa shape index (κ2) is 7.30. The molecule has 1 aliphatic heterocycles. The van der Waals surface area contributed by atoms with E-state index in [0.717, 1.165) is 28.6 Å². The van der Waals surface area contributed by atoms with Gasteiger partial charge in [0, 0.05) is 16.7 Å². The molecular weight excluding hydrogens is 344 g/mol. The maximum absolute atomic E-state index is 6.12. The summed E-state index contributed by atoms with van der Waals surface area (Å²) in [6.07, 6.45) is 6.51. The molecule has 23 heavy (non-hydrogen) atoms. The number of thiophene rings is 1. The molecule has 3 rings (SSSR count). The first kappa shape index (κ1) is 17.5. The highest BCUT2D eigenvalue weighted by Crippen LogP contribution is 2.43. The summed E-state index contributed by atoms with van der Waals surface area (Å²) in [5.74, 6) is 1.13. The van der Waals surface area contributed by atoms with Gasteiger partial charge in [0.05, 0.1) is 12.2 Å². The number of hydrogen-bond acceptors (Lipinski definition) is 6. The summed E-state index contributed by atoms with van der Waals surface area (Å²) in [5.41, 5.74) is 1.39. The van der Waals surface area contributed by atoms with Crippen molar-refractivity contribution < 1.29 is 4.74 Å². The van der Waals surface area contributed by atoms with E-state index in [9.17, 15) is 0 Å². The first-order chi connectivity index (χ1) is 11.1. The number of fused-ring (bicyclic) bond motifs is 3. The van der Waals surface area contributed by atoms with E-state index in [1.54, 1.807) is 23.1 Å². The van der Waals surface area contributed by atoms with Crippen molar-refractivity contribution in [3.63, 3.8) is 0 Å². The van der Waals surface area contributed by atoms with Crippen LogP contribution in [0.4, 0.5) is 0 Å². The Labute approximate surface area is 151 Å². The number of ether oxygens (including phenoxy) is 1. The average Bonchev–Trinajstić information content (AvgIpc) is 2.92. The minimum absolute atomic E-state index is 0.0511. The normalized spacial score (nSPS) is 20.9. The van der Waals surface area contributed by atoms with Crippen molar-refractivity contribution in [2.45, 2.75) is 68.8 Å². The number of hydrogen-bond donors (Lipinski definition) is 0. The van der Waals surface area contributed by atoms with Gasteiger partial charge >= 0.3 is 0 Å². The minimum Gasteiger partial charge on any atom is -0.369 e. The van der Waals surface area contributed by atoms with Crippen molar-refractivity contribution >= 4 is 45.1 Å². The highest BCUT2D eigenvalue weighted by atomic mass is 32.2. The van der Waals surface area contributed by atoms with E-state index in [2.05, 4.69) is 20.8 Å². The fraction of sp³-hybridized carbons (Fsp3) is 0.647. The fourth-order valence-corrected chi connectivity index (χ4v) is 5.55. The van der Waals surface area contributed by atoms with Crippen molar-refractivity contribution in [1.29, 1.82) is 0 Å². The van der Waals surface area contributed by atoms with Crippen LogP contribution in [0.2, 0.25) is 0 Å². The third kappa shape index (κ3) is 3.55. The molecule has 0 bridgehead atoms. The maximum atomic E-state index is 6.12. The second-order valence-electron chi connectivity index (χ2n) is 6.17. The van der Waals surface area contributed by atoms with Gasteiger partial charge in [-0.3, -0.25) is 0 Å². The molecule has 2 aromatic rings. The Morgan fingerprint density at radius 3 is 2.83 bits per heavy atom. The summed E-state index contributed by atoms with van der Waals surface area (Å²) in [5, 5.41) is 3.35. The molecule has 0 N–H and O–H groups in total. The standard InChI is InChI=1S/C17H24N2OS3/c1-5-7-8-22-14-13-11-9-17(3,6-2)20-10-12(11)23-15(13)19-16(18-14)21-4/h5-10H2,1-4H3. The van der Waals surface area contributed by atoms with Gasteiger partial charge in [0.2, 0.25) is 0 Å². The van der Waals surface area contributed by atoms with Crippen molar-refractivity contribution in [2.75, 3.05) is 12.0 Å². The number of unbranched alkanes of at least 4 members (excludes halogenated alkanes) is 1. The molecule has 0 aliphatic carbocycles. The monoisotopic (exact) mass is 368 g/mol. The summed E-state index contributed by atoms with van der Waals surface area (Å²) in [6, 6.07) is 0. The van der Waals surface area contributed by atoms with Gasteiger partial charge in [-0.1, -0.05) is 32.0 Å². The van der Waals surface area contributed by atoms with E-state index in [1.807, 2.05) is 18.0 Å². The van der Waals surface area contributed by atoms with E-state index in [-0.39, 0.29) is 5.60 Å². The summed E-state index contributed by atoms with van der Waals surface area (Å²) in [4.78, 5) is 12.1. The maximum Gasteiger partial charge on any atom is 0.189 e. The molecule has 0 aromatic carbocycles. The zero-order valence-electron chi connectivity index (χ0n) is 14.3. The molecule has 1 unspecified atom stereocenters. The van der Waals surface area contributed by atoms with Crippen LogP contribution in [0, 0.1) is 0 Å². The quantitative estimate of drug-likeness (QED) is 0.289. The number of thioether (sulfide) groups is 2. The number of nitrogens with zero attached hydrogens (tertiary/aromatic N) is 2. The Morgan fingerprint density at radius 2 is 2.13 bits per heavy atom. The molecular formula is C17H24N2OS3. The Bertz CT molecular complexity index is 701. The summed E-state index contributed by atoms with van der Waals surface area (Å²) < 4.78 is 6.12. The van der Waals surface area contributed by atoms with Crippen LogP contribution in [0.1, 0.15) is 50.5 Å². The molecule has 1 atom stereocenters. The molecule has 0 spiro atoms. The van der Waals surface area contributed by atoms with Gasteiger partial charge in [0.1, 0.15) is 9.86 Å². The lowest BCUT2D eigenvalue weighted by Gasteiger charge is -2.33. The molecule has 6 heteroatoms. The number of aromatic nitrogens is 2. The van der Waals surface area contributed by atoms with Gasteiger partial charge in [-0.25, -0.2) is 9.97 Å². The predicted octanol–water partition coefficient (Wildman–Crippen LogP) is 5.55. The third-order valence-corrected chi connectivity index (χ3v) is 7.16. The van der Waals surface area contributed by atoms with Crippen molar-refractivity contribution in [3.05, 3.63) is 10.4 Å². The molecule has 3 nitrogen and oxygen atoms in total. The molecule has 0 radical (unpaired) electrons. The Morgan fingerprint density at radius 1 is 1.30 bits per heavy atom. The van der Waals surface area contributed by atoms with Gasteiger partial charge in [0.15, 0.2) is 5.16 Å². The lowest BCUT2D eigenvalue weighted by molar-refractivity contribution is -0.0543. The lowest BCUT2D eigenvalue weighted by atomic mass is 9.90. The van der Waals surface area contributed by atoms with Crippen molar-refractivity contribution in [3.8, 4) is 0 Å². The average molecular weight is 369 g/mol. The van der Waals surface area contributed by atoms with Crippen LogP contribution < -0.4 is 0 Å². The van der Waals surface area contributed by atoms with Crippen LogP contribution in [0.25, 0.3) is 10.2 Å². The van der Waals surface area contributed by atoms with E-state index >= 15 is 0 Å². The zero-order chi connectivity index (χ0) is 16.4. The van der Waals surface area contributed by atoms with Gasteiger partial charge in [-0.15, -0.1) is 23.1 Å². The van der Waals surface area contributed by atoms with Crippen LogP contribution in [-0.4, -0.2) is 27.6 Å². The van der Waals surface area contributed by atoms with Gasteiger partial charge < -0.3 is 4.74 Å². The predicted molar refractivity (Wildman–Crippen MR) is 102 cm³/mol. The molecule has 0 saturated carbocycles. The topological polar surface area (TPSA) is 35.0 Å². The van der Waals surface area contributed by atoms with E-state index in [4.69, 9.17) is 14.7 Å². The highest BCUT2D eigenvalue weighted by molar-refractivity contribution is 7.99. The summed E-state index contributed by atoms with van der Waals surface area (Å²) >= 11 is 5.31. The molecule has 1 aliphatic rings. The Kier molecular flexibility index (Phi) is 5.56. The second-order valence-corrected chi connectivity index (χ2v) is 9.11. The van der Waals surface area contributed by atoms with Crippen molar-refractivity contribution in [1.82, 2.24) is 9.97 Å². The van der Waals surface area contributed by atoms with Gasteiger partial charge in [-0.2, -0.15) is 0 Å². The van der Waals surface area contributed by atoms with Crippen LogP contribution >= 0.6 is 34.9 Å². The summed E-state index contributed by atoms with van der Waals surface area (Å²) in [6.45, 7) is 7.38. The molecule has 2 aromatic heterocycles. The Balaban J connectivity index is 2.07. The molecule has 0 saturated heterocycles. The minimum atomic E-state index is -0.0511. The summed E-state index contributed by atoms with van der Waals surface area (Å²) in [7, 11) is 0. The fourth-order valence-electron chi connectivity index (χ4n) is 2.76. The lowest BCUT2D eigenvalue weighted by Crippen LogP contribution is -2.33. The third-order valence-electron chi connectivity index (χ3n) is 4.45. The van der Waals surface area contributed by atoms with Crippen LogP contribution in [0.5, 0.6) is 0 Å². The van der Waals surface area contributed by atoms with Gasteiger partial charge in [0.25, 0.3) is 0 Å². The number of rotatable bonds is 6. The van der Waals surface area contributed by atoms with Crippen LogP contribution in [0.15, 0.2) is 10.2 Å². The van der Waals surface area contributed by atoms with E-state index < -0.39 is 0 Å². The first-order valence-corrected chi connectivity index (χ1v) is 11.3. The van der Waals surface area contributed by atoms with Gasteiger partial charge in [-0.05, 0) is 37.3 Å². The van der Waals surface area contributed by atoms with E-state index in [0.29, 0.717) is 6.61 Å². The molecule has 3 heterocycles. The highest BCUT2D eigenvalue weighted by Gasteiger charge is 2.33. The Hall–Kier alpha value is -0.300. The van der Waals surface area contributed by atoms with Crippen molar-refractivity contribution in [2.24, 2.45) is 0 Å². The van der Waals surface area contributed by atoms with E-state index in [1.165, 1.54) is 33.7 Å². The molecule has 0 fully saturated rings.